The third-order valence-electron chi connectivity index (χ3n) is 5.23. The van der Waals surface area contributed by atoms with Crippen molar-refractivity contribution in [1.29, 1.82) is 0 Å². The highest BCUT2D eigenvalue weighted by molar-refractivity contribution is 14.0. The quantitative estimate of drug-likeness (QED) is 0.233. The Labute approximate surface area is 197 Å². The van der Waals surface area contributed by atoms with Crippen LogP contribution in [0.15, 0.2) is 29.3 Å². The van der Waals surface area contributed by atoms with E-state index in [2.05, 4.69) is 10.3 Å². The second-order valence-electron chi connectivity index (χ2n) is 7.37. The fourth-order valence-corrected chi connectivity index (χ4v) is 3.31. The molecule has 1 saturated heterocycles. The van der Waals surface area contributed by atoms with Gasteiger partial charge in [0, 0.05) is 32.7 Å². The number of carbonyl (C=O) groups is 1. The molecule has 0 bridgehead atoms. The van der Waals surface area contributed by atoms with Crippen LogP contribution in [0.3, 0.4) is 0 Å². The molecule has 0 radical (unpaired) electrons. The zero-order valence-electron chi connectivity index (χ0n) is 17.7. The van der Waals surface area contributed by atoms with Gasteiger partial charge in [-0.2, -0.15) is 13.2 Å². The third kappa shape index (κ3) is 8.43. The lowest BCUT2D eigenvalue weighted by Gasteiger charge is -2.39. The summed E-state index contributed by atoms with van der Waals surface area (Å²) in [6.45, 7) is 5.09. The first-order chi connectivity index (χ1) is 14.1. The standard InChI is InChI=1S/C20H29F4N5O.HI/c1-3-26-19(29-10-8-28(9-11-29)14(2)20(22,23)24)27-13-16(18(25)30)12-15-4-6-17(21)7-5-15;/h4-7,14,16H,3,8-13H2,1-2H3,(H2,25,30)(H,26,27);1H. The molecule has 0 saturated carbocycles. The summed E-state index contributed by atoms with van der Waals surface area (Å²) in [6, 6.07) is 4.35. The smallest absolute Gasteiger partial charge is 0.369 e. The van der Waals surface area contributed by atoms with E-state index in [1.54, 1.807) is 12.1 Å². The van der Waals surface area contributed by atoms with E-state index in [-0.39, 0.29) is 49.4 Å². The molecule has 1 heterocycles. The number of nitrogens with zero attached hydrogens (tertiary/aromatic N) is 3. The first kappa shape index (κ1) is 27.4. The molecule has 1 aliphatic heterocycles. The fourth-order valence-electron chi connectivity index (χ4n) is 3.31. The number of benzene rings is 1. The summed E-state index contributed by atoms with van der Waals surface area (Å²) in [4.78, 5) is 19.7. The molecule has 0 aromatic heterocycles. The van der Waals surface area contributed by atoms with Crippen LogP contribution < -0.4 is 11.1 Å². The van der Waals surface area contributed by atoms with Gasteiger partial charge in [0.05, 0.1) is 12.5 Å². The highest BCUT2D eigenvalue weighted by Crippen LogP contribution is 2.25. The van der Waals surface area contributed by atoms with Gasteiger partial charge in [0.2, 0.25) is 5.91 Å². The Bertz CT molecular complexity index is 721. The Morgan fingerprint density at radius 1 is 1.19 bits per heavy atom. The SMILES string of the molecule is CCNC(=NCC(Cc1ccc(F)cc1)C(N)=O)N1CCN(C(C)C(F)(F)F)CC1.I. The minimum atomic E-state index is -4.25. The van der Waals surface area contributed by atoms with E-state index in [1.807, 2.05) is 11.8 Å². The minimum absolute atomic E-state index is 0. The Hall–Kier alpha value is -1.63. The van der Waals surface area contributed by atoms with Gasteiger partial charge >= 0.3 is 6.18 Å². The van der Waals surface area contributed by atoms with E-state index < -0.39 is 24.0 Å². The van der Waals surface area contributed by atoms with Crippen LogP contribution >= 0.6 is 24.0 Å². The van der Waals surface area contributed by atoms with Gasteiger partial charge in [-0.05, 0) is 38.0 Å². The molecule has 0 aliphatic carbocycles. The molecule has 2 unspecified atom stereocenters. The van der Waals surface area contributed by atoms with Crippen LogP contribution in [0.25, 0.3) is 0 Å². The maximum Gasteiger partial charge on any atom is 0.403 e. The summed E-state index contributed by atoms with van der Waals surface area (Å²) >= 11 is 0. The molecule has 1 aromatic rings. The number of rotatable bonds is 7. The average molecular weight is 559 g/mol. The minimum Gasteiger partial charge on any atom is -0.369 e. The normalized spacial score (nSPS) is 17.6. The molecule has 2 rings (SSSR count). The zero-order chi connectivity index (χ0) is 22.3. The maximum atomic E-state index is 13.1. The Balaban J connectivity index is 0.00000480. The number of amides is 1. The number of aliphatic imine (C=N–C) groups is 1. The largest absolute Gasteiger partial charge is 0.403 e. The van der Waals surface area contributed by atoms with Gasteiger partial charge < -0.3 is 16.0 Å². The van der Waals surface area contributed by atoms with Crippen molar-refractivity contribution >= 4 is 35.8 Å². The third-order valence-corrected chi connectivity index (χ3v) is 5.23. The summed E-state index contributed by atoms with van der Waals surface area (Å²) in [6.07, 6.45) is -3.93. The van der Waals surface area contributed by atoms with Crippen molar-refractivity contribution in [1.82, 2.24) is 15.1 Å². The lowest BCUT2D eigenvalue weighted by Crippen LogP contribution is -2.56. The number of primary amides is 1. The van der Waals surface area contributed by atoms with E-state index >= 15 is 0 Å². The van der Waals surface area contributed by atoms with Crippen LogP contribution in [0.2, 0.25) is 0 Å². The number of hydrogen-bond acceptors (Lipinski definition) is 3. The monoisotopic (exact) mass is 559 g/mol. The molecule has 6 nitrogen and oxygen atoms in total. The van der Waals surface area contributed by atoms with E-state index in [1.165, 1.54) is 24.0 Å². The van der Waals surface area contributed by atoms with E-state index in [0.717, 1.165) is 5.56 Å². The molecule has 1 aliphatic rings. The average Bonchev–Trinajstić information content (AvgIpc) is 2.70. The Morgan fingerprint density at radius 3 is 2.26 bits per heavy atom. The molecule has 176 valence electrons. The summed E-state index contributed by atoms with van der Waals surface area (Å²) in [5, 5.41) is 3.13. The van der Waals surface area contributed by atoms with Crippen LogP contribution in [0.5, 0.6) is 0 Å². The number of piperazine rings is 1. The van der Waals surface area contributed by atoms with Crippen LogP contribution in [-0.4, -0.2) is 73.2 Å². The first-order valence-electron chi connectivity index (χ1n) is 9.99. The fraction of sp³-hybridized carbons (Fsp3) is 0.600. The number of nitrogens with two attached hydrogens (primary N) is 1. The predicted octanol–water partition coefficient (Wildman–Crippen LogP) is 2.62. The molecular weight excluding hydrogens is 529 g/mol. The number of carbonyl (C=O) groups excluding carboxylic acids is 1. The molecule has 0 spiro atoms. The van der Waals surface area contributed by atoms with Crippen molar-refractivity contribution in [3.63, 3.8) is 0 Å². The summed E-state index contributed by atoms with van der Waals surface area (Å²) < 4.78 is 51.9. The molecular formula is C20H30F4IN5O. The van der Waals surface area contributed by atoms with Gasteiger partial charge in [-0.25, -0.2) is 4.39 Å². The lowest BCUT2D eigenvalue weighted by atomic mass is 9.99. The van der Waals surface area contributed by atoms with Gasteiger partial charge in [0.25, 0.3) is 0 Å². The number of nitrogens with one attached hydrogen (secondary N) is 1. The van der Waals surface area contributed by atoms with Crippen LogP contribution in [-0.2, 0) is 11.2 Å². The van der Waals surface area contributed by atoms with Crippen molar-refractivity contribution < 1.29 is 22.4 Å². The predicted molar refractivity (Wildman–Crippen MR) is 123 cm³/mol. The number of halogens is 5. The van der Waals surface area contributed by atoms with Gasteiger partial charge in [0.1, 0.15) is 11.9 Å². The van der Waals surface area contributed by atoms with Crippen molar-refractivity contribution in [2.75, 3.05) is 39.3 Å². The van der Waals surface area contributed by atoms with Crippen LogP contribution in [0.1, 0.15) is 19.4 Å². The van der Waals surface area contributed by atoms with Gasteiger partial charge in [-0.15, -0.1) is 24.0 Å². The highest BCUT2D eigenvalue weighted by Gasteiger charge is 2.41. The Morgan fingerprint density at radius 2 is 1.77 bits per heavy atom. The summed E-state index contributed by atoms with van der Waals surface area (Å²) in [5.74, 6) is -0.901. The van der Waals surface area contributed by atoms with E-state index in [4.69, 9.17) is 5.73 Å². The van der Waals surface area contributed by atoms with Gasteiger partial charge in [-0.1, -0.05) is 12.1 Å². The topological polar surface area (TPSA) is 74.0 Å². The van der Waals surface area contributed by atoms with Crippen molar-refractivity contribution in [2.24, 2.45) is 16.6 Å². The van der Waals surface area contributed by atoms with Gasteiger partial charge in [-0.3, -0.25) is 14.7 Å². The number of alkyl halides is 3. The zero-order valence-corrected chi connectivity index (χ0v) is 20.0. The van der Waals surface area contributed by atoms with Gasteiger partial charge in [0.15, 0.2) is 5.96 Å². The number of hydrogen-bond donors (Lipinski definition) is 2. The molecule has 11 heteroatoms. The molecule has 31 heavy (non-hydrogen) atoms. The van der Waals surface area contributed by atoms with Crippen molar-refractivity contribution in [3.05, 3.63) is 35.6 Å². The van der Waals surface area contributed by atoms with E-state index in [9.17, 15) is 22.4 Å². The molecule has 2 atom stereocenters. The first-order valence-corrected chi connectivity index (χ1v) is 9.99. The molecule has 1 fully saturated rings. The molecule has 1 amide bonds. The Kier molecular flexibility index (Phi) is 11.0. The highest BCUT2D eigenvalue weighted by atomic mass is 127. The second-order valence-corrected chi connectivity index (χ2v) is 7.37. The maximum absolute atomic E-state index is 13.1. The second kappa shape index (κ2) is 12.4. The summed E-state index contributed by atoms with van der Waals surface area (Å²) in [7, 11) is 0. The van der Waals surface area contributed by atoms with E-state index in [0.29, 0.717) is 32.0 Å². The summed E-state index contributed by atoms with van der Waals surface area (Å²) in [5.41, 5.74) is 6.29. The van der Waals surface area contributed by atoms with Crippen molar-refractivity contribution in [3.8, 4) is 0 Å². The lowest BCUT2D eigenvalue weighted by molar-refractivity contribution is -0.181. The van der Waals surface area contributed by atoms with Crippen LogP contribution in [0.4, 0.5) is 17.6 Å². The molecule has 1 aromatic carbocycles. The number of guanidine groups is 1. The molecule has 3 N–H and O–H groups in total. The van der Waals surface area contributed by atoms with Crippen LogP contribution in [0, 0.1) is 11.7 Å². The van der Waals surface area contributed by atoms with Crippen molar-refractivity contribution in [2.45, 2.75) is 32.5 Å².